The summed E-state index contributed by atoms with van der Waals surface area (Å²) in [6, 6.07) is 0.482. The average Bonchev–Trinajstić information content (AvgIpc) is 2.76. The molecule has 0 aliphatic carbocycles. The van der Waals surface area contributed by atoms with Crippen molar-refractivity contribution in [2.45, 2.75) is 39.2 Å². The van der Waals surface area contributed by atoms with Crippen molar-refractivity contribution in [3.8, 4) is 0 Å². The second-order valence-electron chi connectivity index (χ2n) is 4.91. The highest BCUT2D eigenvalue weighted by molar-refractivity contribution is 5.10. The third-order valence-electron chi connectivity index (χ3n) is 3.11. The van der Waals surface area contributed by atoms with E-state index in [1.54, 1.807) is 0 Å². The molecule has 0 radical (unpaired) electrons. The van der Waals surface area contributed by atoms with Crippen molar-refractivity contribution in [3.63, 3.8) is 0 Å². The molecule has 2 rings (SSSR count). The van der Waals surface area contributed by atoms with E-state index in [9.17, 15) is 0 Å². The fourth-order valence-electron chi connectivity index (χ4n) is 2.30. The van der Waals surface area contributed by atoms with Gasteiger partial charge in [0, 0.05) is 18.9 Å². The number of hydrogen-bond donors (Lipinski definition) is 1. The second kappa shape index (κ2) is 4.35. The quantitative estimate of drug-likeness (QED) is 0.822. The van der Waals surface area contributed by atoms with Crippen LogP contribution in [-0.4, -0.2) is 16.1 Å². The molecule has 3 heteroatoms. The Balaban J connectivity index is 2.15. The Labute approximate surface area is 91.9 Å². The zero-order chi connectivity index (χ0) is 10.8. The van der Waals surface area contributed by atoms with Crippen LogP contribution in [0.2, 0.25) is 0 Å². The predicted octanol–water partition coefficient (Wildman–Crippen LogP) is 2.04. The van der Waals surface area contributed by atoms with Crippen LogP contribution >= 0.6 is 0 Å². The van der Waals surface area contributed by atoms with Gasteiger partial charge in [-0.1, -0.05) is 13.8 Å². The molecule has 3 nitrogen and oxygen atoms in total. The molecule has 84 valence electrons. The summed E-state index contributed by atoms with van der Waals surface area (Å²) in [5.74, 6) is 1.91. The van der Waals surface area contributed by atoms with Gasteiger partial charge in [0.25, 0.3) is 0 Å². The number of imidazole rings is 1. The molecule has 15 heavy (non-hydrogen) atoms. The largest absolute Gasteiger partial charge is 0.334 e. The van der Waals surface area contributed by atoms with Gasteiger partial charge < -0.3 is 9.88 Å². The van der Waals surface area contributed by atoms with Crippen molar-refractivity contribution in [1.29, 1.82) is 0 Å². The van der Waals surface area contributed by atoms with E-state index < -0.39 is 0 Å². The standard InChI is InChI=1S/C12H21N3/c1-9(2)7-10-8-14-12(15(10)3)11-5-4-6-13-11/h8-9,11,13H,4-7H2,1-3H3. The Bertz CT molecular complexity index is 322. The SMILES string of the molecule is CC(C)Cc1cnc(C2CCCN2)n1C. The summed E-state index contributed by atoms with van der Waals surface area (Å²) in [6.07, 6.45) is 5.66. The Morgan fingerprint density at radius 1 is 1.60 bits per heavy atom. The lowest BCUT2D eigenvalue weighted by Gasteiger charge is -2.12. The Hall–Kier alpha value is -0.830. The third-order valence-corrected chi connectivity index (χ3v) is 3.11. The number of nitrogens with one attached hydrogen (secondary N) is 1. The van der Waals surface area contributed by atoms with E-state index in [0.29, 0.717) is 12.0 Å². The zero-order valence-corrected chi connectivity index (χ0v) is 9.95. The molecule has 0 amide bonds. The van der Waals surface area contributed by atoms with Crippen molar-refractivity contribution >= 4 is 0 Å². The highest BCUT2D eigenvalue weighted by atomic mass is 15.1. The van der Waals surface area contributed by atoms with Crippen molar-refractivity contribution < 1.29 is 0 Å². The summed E-state index contributed by atoms with van der Waals surface area (Å²) in [7, 11) is 2.14. The van der Waals surface area contributed by atoms with E-state index in [1.165, 1.54) is 24.4 Å². The van der Waals surface area contributed by atoms with E-state index in [2.05, 4.69) is 35.8 Å². The maximum Gasteiger partial charge on any atom is 0.125 e. The molecular formula is C12H21N3. The highest BCUT2D eigenvalue weighted by Crippen LogP contribution is 2.22. The van der Waals surface area contributed by atoms with Gasteiger partial charge in [0.2, 0.25) is 0 Å². The minimum absolute atomic E-state index is 0.482. The predicted molar refractivity (Wildman–Crippen MR) is 61.7 cm³/mol. The molecule has 1 aromatic rings. The van der Waals surface area contributed by atoms with Crippen molar-refractivity contribution in [3.05, 3.63) is 17.7 Å². The number of hydrogen-bond acceptors (Lipinski definition) is 2. The maximum absolute atomic E-state index is 4.55. The fraction of sp³-hybridized carbons (Fsp3) is 0.750. The fourth-order valence-corrected chi connectivity index (χ4v) is 2.30. The molecular weight excluding hydrogens is 186 g/mol. The highest BCUT2D eigenvalue weighted by Gasteiger charge is 2.21. The molecule has 1 unspecified atom stereocenters. The second-order valence-corrected chi connectivity index (χ2v) is 4.91. The normalized spacial score (nSPS) is 21.5. The number of rotatable bonds is 3. The van der Waals surface area contributed by atoms with Gasteiger partial charge in [-0.2, -0.15) is 0 Å². The molecule has 0 bridgehead atoms. The van der Waals surface area contributed by atoms with Crippen molar-refractivity contribution in [2.24, 2.45) is 13.0 Å². The molecule has 0 saturated carbocycles. The zero-order valence-electron chi connectivity index (χ0n) is 9.95. The molecule has 0 spiro atoms. The van der Waals surface area contributed by atoms with Crippen LogP contribution in [0.3, 0.4) is 0 Å². The summed E-state index contributed by atoms with van der Waals surface area (Å²) in [5.41, 5.74) is 1.36. The summed E-state index contributed by atoms with van der Waals surface area (Å²) in [5, 5.41) is 3.50. The van der Waals surface area contributed by atoms with Gasteiger partial charge in [0.05, 0.1) is 6.04 Å². The van der Waals surface area contributed by atoms with Gasteiger partial charge in [-0.15, -0.1) is 0 Å². The first kappa shape index (κ1) is 10.7. The lowest BCUT2D eigenvalue weighted by atomic mass is 10.1. The smallest absolute Gasteiger partial charge is 0.125 e. The molecule has 2 heterocycles. The van der Waals surface area contributed by atoms with Crippen molar-refractivity contribution in [1.82, 2.24) is 14.9 Å². The first-order valence-corrected chi connectivity index (χ1v) is 5.92. The molecule has 1 aliphatic rings. The van der Waals surface area contributed by atoms with Gasteiger partial charge in [0.1, 0.15) is 5.82 Å². The molecule has 1 aromatic heterocycles. The van der Waals surface area contributed by atoms with Crippen LogP contribution < -0.4 is 5.32 Å². The summed E-state index contributed by atoms with van der Waals surface area (Å²) < 4.78 is 2.27. The van der Waals surface area contributed by atoms with Gasteiger partial charge in [0.15, 0.2) is 0 Å². The lowest BCUT2D eigenvalue weighted by Crippen LogP contribution is -2.17. The molecule has 1 saturated heterocycles. The van der Waals surface area contributed by atoms with Gasteiger partial charge >= 0.3 is 0 Å². The molecule has 1 N–H and O–H groups in total. The summed E-state index contributed by atoms with van der Waals surface area (Å²) in [6.45, 7) is 5.64. The molecule has 1 aliphatic heterocycles. The van der Waals surface area contributed by atoms with Crippen LogP contribution in [-0.2, 0) is 13.5 Å². The maximum atomic E-state index is 4.55. The van der Waals surface area contributed by atoms with E-state index in [4.69, 9.17) is 0 Å². The van der Waals surface area contributed by atoms with Crippen LogP contribution in [0.1, 0.15) is 44.2 Å². The summed E-state index contributed by atoms with van der Waals surface area (Å²) in [4.78, 5) is 4.55. The van der Waals surface area contributed by atoms with Crippen LogP contribution in [0.5, 0.6) is 0 Å². The average molecular weight is 207 g/mol. The summed E-state index contributed by atoms with van der Waals surface area (Å²) >= 11 is 0. The topological polar surface area (TPSA) is 29.9 Å². The van der Waals surface area contributed by atoms with Gasteiger partial charge in [-0.25, -0.2) is 4.98 Å². The van der Waals surface area contributed by atoms with Gasteiger partial charge in [-0.05, 0) is 31.7 Å². The lowest BCUT2D eigenvalue weighted by molar-refractivity contribution is 0.558. The van der Waals surface area contributed by atoms with E-state index in [1.807, 2.05) is 6.20 Å². The molecule has 0 aromatic carbocycles. The Morgan fingerprint density at radius 3 is 3.00 bits per heavy atom. The Morgan fingerprint density at radius 2 is 2.40 bits per heavy atom. The number of aromatic nitrogens is 2. The van der Waals surface area contributed by atoms with Crippen molar-refractivity contribution in [2.75, 3.05) is 6.54 Å². The van der Waals surface area contributed by atoms with Crippen LogP contribution in [0.15, 0.2) is 6.20 Å². The van der Waals surface area contributed by atoms with Crippen LogP contribution in [0, 0.1) is 5.92 Å². The molecule has 1 atom stereocenters. The van der Waals surface area contributed by atoms with E-state index in [-0.39, 0.29) is 0 Å². The van der Waals surface area contributed by atoms with Crippen LogP contribution in [0.25, 0.3) is 0 Å². The van der Waals surface area contributed by atoms with E-state index in [0.717, 1.165) is 13.0 Å². The monoisotopic (exact) mass is 207 g/mol. The molecule has 1 fully saturated rings. The van der Waals surface area contributed by atoms with Crippen LogP contribution in [0.4, 0.5) is 0 Å². The first-order chi connectivity index (χ1) is 7.18. The third kappa shape index (κ3) is 2.23. The minimum atomic E-state index is 0.482. The minimum Gasteiger partial charge on any atom is -0.334 e. The first-order valence-electron chi connectivity index (χ1n) is 5.92. The number of nitrogens with zero attached hydrogens (tertiary/aromatic N) is 2. The van der Waals surface area contributed by atoms with Gasteiger partial charge in [-0.3, -0.25) is 0 Å². The Kier molecular flexibility index (Phi) is 3.10. The van der Waals surface area contributed by atoms with E-state index >= 15 is 0 Å².